The third-order valence-electron chi connectivity index (χ3n) is 7.16. The van der Waals surface area contributed by atoms with E-state index in [9.17, 15) is 9.18 Å². The van der Waals surface area contributed by atoms with Crippen LogP contribution in [0.5, 0.6) is 5.75 Å². The van der Waals surface area contributed by atoms with E-state index >= 15 is 0 Å². The second kappa shape index (κ2) is 14.5. The number of nitrogens with zero attached hydrogens (tertiary/aromatic N) is 1. The fourth-order valence-corrected chi connectivity index (χ4v) is 5.44. The van der Waals surface area contributed by atoms with Gasteiger partial charge in [0.05, 0.1) is 6.61 Å². The van der Waals surface area contributed by atoms with Crippen molar-refractivity contribution in [1.82, 2.24) is 5.32 Å². The average molecular weight is 634 g/mol. The number of nitrogens with one attached hydrogen (secondary N) is 1. The van der Waals surface area contributed by atoms with Crippen LogP contribution in [0.15, 0.2) is 108 Å². The molecule has 4 aromatic carbocycles. The number of carbonyl (C=O) groups is 1. The molecule has 1 aliphatic rings. The van der Waals surface area contributed by atoms with E-state index in [0.29, 0.717) is 45.5 Å². The molecule has 226 valence electrons. The number of carbonyl (C=O) groups excluding carboxylic acids is 1. The minimum atomic E-state index is -1.47. The van der Waals surface area contributed by atoms with Crippen molar-refractivity contribution in [2.24, 2.45) is 4.99 Å². The van der Waals surface area contributed by atoms with Crippen molar-refractivity contribution in [2.75, 3.05) is 13.2 Å². The van der Waals surface area contributed by atoms with E-state index in [-0.39, 0.29) is 25.5 Å². The van der Waals surface area contributed by atoms with E-state index in [0.717, 1.165) is 5.56 Å². The van der Waals surface area contributed by atoms with Crippen molar-refractivity contribution >= 4 is 41.1 Å². The van der Waals surface area contributed by atoms with Gasteiger partial charge in [-0.1, -0.05) is 83.9 Å². The number of amides is 1. The Hall–Kier alpha value is -4.17. The summed E-state index contributed by atoms with van der Waals surface area (Å²) in [5.41, 5.74) is 1.29. The lowest BCUT2D eigenvalue weighted by Crippen LogP contribution is -2.47. The third kappa shape index (κ3) is 7.48. The van der Waals surface area contributed by atoms with Crippen LogP contribution < -0.4 is 10.1 Å². The average Bonchev–Trinajstić information content (AvgIpc) is 3.41. The lowest BCUT2D eigenvalue weighted by atomic mass is 9.84. The molecule has 0 spiro atoms. The third-order valence-corrected chi connectivity index (χ3v) is 7.72. The highest BCUT2D eigenvalue weighted by molar-refractivity contribution is 6.35. The van der Waals surface area contributed by atoms with Crippen LogP contribution in [0, 0.1) is 5.82 Å². The molecule has 1 heterocycles. The van der Waals surface area contributed by atoms with Crippen LogP contribution in [-0.2, 0) is 16.1 Å². The summed E-state index contributed by atoms with van der Waals surface area (Å²) in [5.74, 6) is 0.0887. The van der Waals surface area contributed by atoms with Gasteiger partial charge in [-0.15, -0.1) is 0 Å². The van der Waals surface area contributed by atoms with Gasteiger partial charge in [-0.2, -0.15) is 0 Å². The zero-order valence-corrected chi connectivity index (χ0v) is 25.3. The quantitative estimate of drug-likeness (QED) is 0.158. The highest BCUT2D eigenvalue weighted by Gasteiger charge is 2.53. The number of ether oxygens (including phenoxy) is 2. The molecule has 5 rings (SSSR count). The second-order valence-electron chi connectivity index (χ2n) is 10.3. The first-order valence-electron chi connectivity index (χ1n) is 14.2. The molecular formula is C35H31Cl2FN2O4. The van der Waals surface area contributed by atoms with Gasteiger partial charge in [0, 0.05) is 47.2 Å². The Morgan fingerprint density at radius 2 is 1.82 bits per heavy atom. The molecule has 44 heavy (non-hydrogen) atoms. The molecule has 0 fully saturated rings. The van der Waals surface area contributed by atoms with Crippen molar-refractivity contribution in [2.45, 2.75) is 31.0 Å². The van der Waals surface area contributed by atoms with Crippen LogP contribution in [-0.4, -0.2) is 35.7 Å². The topological polar surface area (TPSA) is 80.2 Å². The highest BCUT2D eigenvalue weighted by Crippen LogP contribution is 2.45. The van der Waals surface area contributed by atoms with E-state index < -0.39 is 23.4 Å². The monoisotopic (exact) mass is 632 g/mol. The maximum atomic E-state index is 14.3. The molecule has 6 nitrogen and oxygen atoms in total. The van der Waals surface area contributed by atoms with Gasteiger partial charge in [-0.05, 0) is 59.7 Å². The summed E-state index contributed by atoms with van der Waals surface area (Å²) < 4.78 is 26.1. The predicted octanol–water partition coefficient (Wildman–Crippen LogP) is 7.57. The lowest BCUT2D eigenvalue weighted by molar-refractivity contribution is -0.129. The number of benzene rings is 4. The first kappa shape index (κ1) is 31.3. The Balaban J connectivity index is 1.55. The number of aliphatic hydroxyl groups excluding tert-OH is 1. The summed E-state index contributed by atoms with van der Waals surface area (Å²) in [7, 11) is 0. The molecule has 2 atom stereocenters. The molecule has 0 saturated heterocycles. The normalized spacial score (nSPS) is 17.7. The Kier molecular flexibility index (Phi) is 10.3. The van der Waals surface area contributed by atoms with Crippen LogP contribution in [0.1, 0.15) is 41.2 Å². The van der Waals surface area contributed by atoms with E-state index in [2.05, 4.69) is 5.32 Å². The molecule has 0 radical (unpaired) electrons. The van der Waals surface area contributed by atoms with Crippen LogP contribution in [0.25, 0.3) is 6.08 Å². The van der Waals surface area contributed by atoms with Gasteiger partial charge in [0.15, 0.2) is 11.6 Å². The van der Waals surface area contributed by atoms with E-state index in [1.165, 1.54) is 12.1 Å². The fourth-order valence-electron chi connectivity index (χ4n) is 4.93. The van der Waals surface area contributed by atoms with Crippen molar-refractivity contribution in [1.29, 1.82) is 0 Å². The van der Waals surface area contributed by atoms with Crippen LogP contribution in [0.3, 0.4) is 0 Å². The molecule has 0 saturated carbocycles. The maximum Gasteiger partial charge on any atom is 0.252 e. The fraction of sp³-hybridized carbons (Fsp3) is 0.200. The number of aliphatic hydroxyl groups is 1. The Bertz CT molecular complexity index is 1650. The van der Waals surface area contributed by atoms with Crippen molar-refractivity contribution < 1.29 is 23.8 Å². The second-order valence-corrected chi connectivity index (χ2v) is 11.1. The van der Waals surface area contributed by atoms with Crippen LogP contribution in [0.4, 0.5) is 4.39 Å². The predicted molar refractivity (Wildman–Crippen MR) is 172 cm³/mol. The highest BCUT2D eigenvalue weighted by atomic mass is 35.5. The van der Waals surface area contributed by atoms with Gasteiger partial charge in [0.25, 0.3) is 5.91 Å². The zero-order valence-electron chi connectivity index (χ0n) is 23.8. The molecule has 1 aliphatic heterocycles. The number of aliphatic imine (C=N–C) groups is 1. The lowest BCUT2D eigenvalue weighted by Gasteiger charge is -2.30. The Labute approximate surface area is 265 Å². The number of rotatable bonds is 12. The van der Waals surface area contributed by atoms with Crippen molar-refractivity contribution in [3.05, 3.63) is 141 Å². The summed E-state index contributed by atoms with van der Waals surface area (Å²) in [4.78, 5) is 19.2. The molecule has 0 unspecified atom stereocenters. The molecule has 0 aromatic heterocycles. The largest absolute Gasteiger partial charge is 0.494 e. The number of halogens is 3. The standard InChI is InChI=1S/C35H31Cl2FN2O4/c36-27-14-17-30(31(37)22-27)32-35(18-5-10-24-7-2-1-3-8-24,34(42)39-23-25-9-4-11-28(38)21-25)40-33(44-32)26-12-15-29(16-13-26)43-20-6-19-41/h1-5,7-17,21-22,32,41H,6,18-20,23H2,(H,39,42)/b10-5+/t32-,35-/m1/s1. The first-order valence-corrected chi connectivity index (χ1v) is 14.9. The molecular weight excluding hydrogens is 602 g/mol. The molecule has 9 heteroatoms. The van der Waals surface area contributed by atoms with Crippen molar-refractivity contribution in [3.63, 3.8) is 0 Å². The van der Waals surface area contributed by atoms with Gasteiger partial charge < -0.3 is 19.9 Å². The Morgan fingerprint density at radius 3 is 2.55 bits per heavy atom. The summed E-state index contributed by atoms with van der Waals surface area (Å²) in [6.45, 7) is 0.513. The van der Waals surface area contributed by atoms with Gasteiger partial charge in [-0.3, -0.25) is 4.79 Å². The Morgan fingerprint density at radius 1 is 1.02 bits per heavy atom. The smallest absolute Gasteiger partial charge is 0.252 e. The van der Waals surface area contributed by atoms with E-state index in [1.807, 2.05) is 42.5 Å². The number of hydrogen-bond acceptors (Lipinski definition) is 5. The summed E-state index contributed by atoms with van der Waals surface area (Å²) >= 11 is 12.9. The van der Waals surface area contributed by atoms with E-state index in [1.54, 1.807) is 54.6 Å². The zero-order chi connectivity index (χ0) is 30.9. The summed E-state index contributed by atoms with van der Waals surface area (Å²) in [6.07, 6.45) is 3.60. The molecule has 0 aliphatic carbocycles. The van der Waals surface area contributed by atoms with Gasteiger partial charge in [-0.25, -0.2) is 9.38 Å². The van der Waals surface area contributed by atoms with Crippen LogP contribution >= 0.6 is 23.2 Å². The van der Waals surface area contributed by atoms with Gasteiger partial charge in [0.1, 0.15) is 11.6 Å². The minimum absolute atomic E-state index is 0.0411. The molecule has 4 aromatic rings. The van der Waals surface area contributed by atoms with Gasteiger partial charge >= 0.3 is 0 Å². The summed E-state index contributed by atoms with van der Waals surface area (Å²) in [5, 5.41) is 12.8. The molecule has 2 N–H and O–H groups in total. The van der Waals surface area contributed by atoms with E-state index in [4.69, 9.17) is 42.8 Å². The minimum Gasteiger partial charge on any atom is -0.494 e. The summed E-state index contributed by atoms with van der Waals surface area (Å²) in [6, 6.07) is 28.0. The molecule has 0 bridgehead atoms. The molecule has 1 amide bonds. The van der Waals surface area contributed by atoms with Crippen LogP contribution in [0.2, 0.25) is 10.0 Å². The first-order chi connectivity index (χ1) is 21.4. The van der Waals surface area contributed by atoms with Crippen molar-refractivity contribution in [3.8, 4) is 5.75 Å². The van der Waals surface area contributed by atoms with Gasteiger partial charge in [0.2, 0.25) is 5.90 Å². The SMILES string of the molecule is O=C(NCc1cccc(F)c1)[C@]1(C/C=C/c2ccccc2)N=C(c2ccc(OCCCO)cc2)O[C@@H]1c1ccc(Cl)cc1Cl. The maximum absolute atomic E-state index is 14.3. The number of hydrogen-bond donors (Lipinski definition) is 2.